The van der Waals surface area contributed by atoms with E-state index < -0.39 is 0 Å². The Morgan fingerprint density at radius 3 is 2.25 bits per heavy atom. The maximum absolute atomic E-state index is 11.9. The van der Waals surface area contributed by atoms with Gasteiger partial charge in [-0.1, -0.05) is 25.8 Å². The largest absolute Gasteiger partial charge is 0.352 e. The molecule has 0 saturated heterocycles. The standard InChI is InChI=1S/C16H26N2O2/c1-3-16(20)18(2)11-15(19)17-14-9-7-13(8-10-14)12-5-4-6-12/h3,12-14H,1,4-11H2,2H3,(H,17,19). The molecule has 4 nitrogen and oxygen atoms in total. The molecule has 20 heavy (non-hydrogen) atoms. The Balaban J connectivity index is 1.67. The topological polar surface area (TPSA) is 49.4 Å². The molecule has 0 aliphatic heterocycles. The Labute approximate surface area is 121 Å². The molecular weight excluding hydrogens is 252 g/mol. The molecule has 0 aromatic rings. The molecular formula is C16H26N2O2. The number of hydrogen-bond acceptors (Lipinski definition) is 2. The Kier molecular flexibility index (Phi) is 5.21. The minimum atomic E-state index is -0.214. The second-order valence-electron chi connectivity index (χ2n) is 6.27. The number of amides is 2. The molecule has 2 fully saturated rings. The number of nitrogens with one attached hydrogen (secondary N) is 1. The van der Waals surface area contributed by atoms with E-state index in [1.807, 2.05) is 0 Å². The van der Waals surface area contributed by atoms with Gasteiger partial charge in [0.05, 0.1) is 6.54 Å². The lowest BCUT2D eigenvalue weighted by atomic mass is 9.69. The summed E-state index contributed by atoms with van der Waals surface area (Å²) in [6.45, 7) is 3.54. The molecule has 2 aliphatic carbocycles. The van der Waals surface area contributed by atoms with E-state index in [4.69, 9.17) is 0 Å². The van der Waals surface area contributed by atoms with Crippen molar-refractivity contribution in [3.8, 4) is 0 Å². The molecule has 112 valence electrons. The zero-order valence-electron chi connectivity index (χ0n) is 12.4. The van der Waals surface area contributed by atoms with E-state index in [2.05, 4.69) is 11.9 Å². The second kappa shape index (κ2) is 6.91. The van der Waals surface area contributed by atoms with E-state index in [0.717, 1.165) is 24.7 Å². The zero-order chi connectivity index (χ0) is 14.5. The molecule has 0 heterocycles. The quantitative estimate of drug-likeness (QED) is 0.783. The third kappa shape index (κ3) is 3.84. The molecule has 0 aromatic carbocycles. The SMILES string of the molecule is C=CC(=O)N(C)CC(=O)NC1CCC(C2CCC2)CC1. The summed E-state index contributed by atoms with van der Waals surface area (Å²) in [7, 11) is 1.62. The van der Waals surface area contributed by atoms with Crippen LogP contribution in [0, 0.1) is 11.8 Å². The van der Waals surface area contributed by atoms with Crippen LogP contribution in [0.15, 0.2) is 12.7 Å². The van der Waals surface area contributed by atoms with Crippen molar-refractivity contribution in [3.05, 3.63) is 12.7 Å². The van der Waals surface area contributed by atoms with Crippen molar-refractivity contribution in [1.29, 1.82) is 0 Å². The summed E-state index contributed by atoms with van der Waals surface area (Å²) in [5, 5.41) is 3.06. The number of likely N-dealkylation sites (N-methyl/N-ethyl adjacent to an activating group) is 1. The molecule has 2 amide bonds. The smallest absolute Gasteiger partial charge is 0.246 e. The summed E-state index contributed by atoms with van der Waals surface area (Å²) in [6.07, 6.45) is 10.1. The molecule has 4 heteroatoms. The Morgan fingerprint density at radius 1 is 1.15 bits per heavy atom. The molecule has 0 radical (unpaired) electrons. The summed E-state index contributed by atoms with van der Waals surface area (Å²) < 4.78 is 0. The molecule has 0 atom stereocenters. The van der Waals surface area contributed by atoms with Crippen molar-refractivity contribution >= 4 is 11.8 Å². The molecule has 0 bridgehead atoms. The number of nitrogens with zero attached hydrogens (tertiary/aromatic N) is 1. The lowest BCUT2D eigenvalue weighted by Crippen LogP contribution is -2.44. The first kappa shape index (κ1) is 15.1. The van der Waals surface area contributed by atoms with Gasteiger partial charge in [-0.05, 0) is 43.6 Å². The third-order valence-electron chi connectivity index (χ3n) is 4.89. The highest BCUT2D eigenvalue weighted by atomic mass is 16.2. The van der Waals surface area contributed by atoms with Crippen molar-refractivity contribution in [2.24, 2.45) is 11.8 Å². The van der Waals surface area contributed by atoms with Crippen LogP contribution in [0.3, 0.4) is 0 Å². The fraction of sp³-hybridized carbons (Fsp3) is 0.750. The predicted octanol–water partition coefficient (Wildman–Crippen LogP) is 2.11. The highest BCUT2D eigenvalue weighted by Crippen LogP contribution is 2.40. The monoisotopic (exact) mass is 278 g/mol. The van der Waals surface area contributed by atoms with Crippen LogP contribution in [0.5, 0.6) is 0 Å². The zero-order valence-corrected chi connectivity index (χ0v) is 12.4. The Hall–Kier alpha value is -1.32. The van der Waals surface area contributed by atoms with Crippen molar-refractivity contribution < 1.29 is 9.59 Å². The molecule has 0 unspecified atom stereocenters. The van der Waals surface area contributed by atoms with Gasteiger partial charge in [-0.25, -0.2) is 0 Å². The number of carbonyl (C=O) groups is 2. The number of carbonyl (C=O) groups excluding carboxylic acids is 2. The fourth-order valence-corrected chi connectivity index (χ4v) is 3.37. The lowest BCUT2D eigenvalue weighted by Gasteiger charge is -2.38. The van der Waals surface area contributed by atoms with Crippen LogP contribution in [-0.2, 0) is 9.59 Å². The van der Waals surface area contributed by atoms with Crippen LogP contribution in [-0.4, -0.2) is 36.3 Å². The molecule has 0 spiro atoms. The van der Waals surface area contributed by atoms with Crippen LogP contribution < -0.4 is 5.32 Å². The van der Waals surface area contributed by atoms with E-state index in [9.17, 15) is 9.59 Å². The summed E-state index contributed by atoms with van der Waals surface area (Å²) in [4.78, 5) is 24.6. The van der Waals surface area contributed by atoms with E-state index in [1.165, 1.54) is 43.1 Å². The molecule has 2 rings (SSSR count). The Morgan fingerprint density at radius 2 is 1.75 bits per heavy atom. The van der Waals surface area contributed by atoms with Gasteiger partial charge in [-0.2, -0.15) is 0 Å². The Bertz CT molecular complexity index is 369. The van der Waals surface area contributed by atoms with E-state index in [1.54, 1.807) is 7.05 Å². The summed E-state index contributed by atoms with van der Waals surface area (Å²) in [6, 6.07) is 0.297. The molecule has 2 saturated carbocycles. The van der Waals surface area contributed by atoms with Gasteiger partial charge in [-0.15, -0.1) is 0 Å². The minimum Gasteiger partial charge on any atom is -0.352 e. The lowest BCUT2D eigenvalue weighted by molar-refractivity contribution is -0.131. The summed E-state index contributed by atoms with van der Waals surface area (Å²) in [5.74, 6) is 1.58. The first-order valence-corrected chi connectivity index (χ1v) is 7.77. The highest BCUT2D eigenvalue weighted by Gasteiger charge is 2.31. The maximum atomic E-state index is 11.9. The second-order valence-corrected chi connectivity index (χ2v) is 6.27. The minimum absolute atomic E-state index is 0.0604. The van der Waals surface area contributed by atoms with Gasteiger partial charge in [0.25, 0.3) is 0 Å². The van der Waals surface area contributed by atoms with Crippen LogP contribution in [0.1, 0.15) is 44.9 Å². The molecule has 1 N–H and O–H groups in total. The van der Waals surface area contributed by atoms with Gasteiger partial charge in [0.2, 0.25) is 11.8 Å². The fourth-order valence-electron chi connectivity index (χ4n) is 3.37. The maximum Gasteiger partial charge on any atom is 0.246 e. The average molecular weight is 278 g/mol. The third-order valence-corrected chi connectivity index (χ3v) is 4.89. The number of rotatable bonds is 5. The van der Waals surface area contributed by atoms with Crippen LogP contribution in [0.25, 0.3) is 0 Å². The van der Waals surface area contributed by atoms with Crippen LogP contribution in [0.4, 0.5) is 0 Å². The highest BCUT2D eigenvalue weighted by molar-refractivity contribution is 5.90. The first-order chi connectivity index (χ1) is 9.60. The van der Waals surface area contributed by atoms with Gasteiger partial charge >= 0.3 is 0 Å². The normalized spacial score (nSPS) is 26.4. The van der Waals surface area contributed by atoms with E-state index in [0.29, 0.717) is 6.04 Å². The number of hydrogen-bond donors (Lipinski definition) is 1. The first-order valence-electron chi connectivity index (χ1n) is 7.77. The molecule has 2 aliphatic rings. The van der Waals surface area contributed by atoms with Crippen molar-refractivity contribution in [2.75, 3.05) is 13.6 Å². The van der Waals surface area contributed by atoms with Gasteiger partial charge in [-0.3, -0.25) is 9.59 Å². The predicted molar refractivity (Wildman–Crippen MR) is 79.1 cm³/mol. The van der Waals surface area contributed by atoms with Crippen molar-refractivity contribution in [2.45, 2.75) is 51.0 Å². The average Bonchev–Trinajstić information content (AvgIpc) is 2.37. The van der Waals surface area contributed by atoms with Gasteiger partial charge < -0.3 is 10.2 Å². The van der Waals surface area contributed by atoms with Gasteiger partial charge in [0.1, 0.15) is 0 Å². The van der Waals surface area contributed by atoms with Crippen LogP contribution in [0.2, 0.25) is 0 Å². The van der Waals surface area contributed by atoms with Gasteiger partial charge in [0, 0.05) is 13.1 Å². The molecule has 0 aromatic heterocycles. The van der Waals surface area contributed by atoms with Crippen LogP contribution >= 0.6 is 0 Å². The van der Waals surface area contributed by atoms with Gasteiger partial charge in [0.15, 0.2) is 0 Å². The summed E-state index contributed by atoms with van der Waals surface area (Å²) >= 11 is 0. The van der Waals surface area contributed by atoms with Crippen molar-refractivity contribution in [1.82, 2.24) is 10.2 Å². The van der Waals surface area contributed by atoms with E-state index >= 15 is 0 Å². The van der Waals surface area contributed by atoms with E-state index in [-0.39, 0.29) is 18.4 Å². The van der Waals surface area contributed by atoms with Crippen molar-refractivity contribution in [3.63, 3.8) is 0 Å². The summed E-state index contributed by atoms with van der Waals surface area (Å²) in [5.41, 5.74) is 0.